The fourth-order valence-corrected chi connectivity index (χ4v) is 3.92. The predicted molar refractivity (Wildman–Crippen MR) is 113 cm³/mol. The quantitative estimate of drug-likeness (QED) is 0.393. The zero-order chi connectivity index (χ0) is 23.5. The molecule has 0 bridgehead atoms. The van der Waals surface area contributed by atoms with Crippen molar-refractivity contribution in [1.29, 1.82) is 0 Å². The molecule has 0 unspecified atom stereocenters. The van der Waals surface area contributed by atoms with E-state index in [1.165, 1.54) is 23.0 Å². The number of carbonyl (C=O) groups is 2. The molecule has 2 aromatic carbocycles. The Morgan fingerprint density at radius 3 is 2.45 bits per heavy atom. The second-order valence-electron chi connectivity index (χ2n) is 7.22. The van der Waals surface area contributed by atoms with Crippen LogP contribution in [0.5, 0.6) is 5.75 Å². The maximum atomic E-state index is 13.4. The standard InChI is InChI=1S/C22H12ClF3N4O3/c1-29-19-17(18(28-29)11-5-7-12(23)8-6-11)16-15(10-27-19)20(31)30(21(16)32)13-3-2-4-14(9-13)33-22(24,25)26/h2-10H,1H3. The zero-order valence-corrected chi connectivity index (χ0v) is 17.5. The van der Waals surface area contributed by atoms with E-state index in [0.29, 0.717) is 27.3 Å². The molecule has 2 amide bonds. The fourth-order valence-electron chi connectivity index (χ4n) is 3.79. The SMILES string of the molecule is Cn1nc(-c2ccc(Cl)cc2)c2c3c(cnc21)C(=O)N(c1cccc(OC(F)(F)F)c1)C3=O. The molecule has 1 aliphatic heterocycles. The molecule has 1 aliphatic rings. The number of anilines is 1. The van der Waals surface area contributed by atoms with Gasteiger partial charge in [-0.05, 0) is 24.3 Å². The summed E-state index contributed by atoms with van der Waals surface area (Å²) in [4.78, 5) is 31.6. The van der Waals surface area contributed by atoms with Crippen molar-refractivity contribution in [2.24, 2.45) is 7.05 Å². The maximum absolute atomic E-state index is 13.4. The molecule has 7 nitrogen and oxygen atoms in total. The van der Waals surface area contributed by atoms with Crippen LogP contribution in [-0.4, -0.2) is 32.9 Å². The first-order valence-corrected chi connectivity index (χ1v) is 9.88. The van der Waals surface area contributed by atoms with Crippen molar-refractivity contribution in [3.63, 3.8) is 0 Å². The number of hydrogen-bond acceptors (Lipinski definition) is 5. The van der Waals surface area contributed by atoms with Gasteiger partial charge in [-0.1, -0.05) is 29.8 Å². The second-order valence-corrected chi connectivity index (χ2v) is 7.65. The molecule has 5 rings (SSSR count). The van der Waals surface area contributed by atoms with Gasteiger partial charge in [-0.15, -0.1) is 13.2 Å². The van der Waals surface area contributed by atoms with Gasteiger partial charge in [0, 0.05) is 29.9 Å². The van der Waals surface area contributed by atoms with Gasteiger partial charge in [0.05, 0.1) is 22.2 Å². The van der Waals surface area contributed by atoms with Crippen LogP contribution in [0.2, 0.25) is 5.02 Å². The van der Waals surface area contributed by atoms with Crippen molar-refractivity contribution in [3.05, 3.63) is 70.9 Å². The van der Waals surface area contributed by atoms with E-state index in [0.717, 1.165) is 17.0 Å². The number of rotatable bonds is 3. The van der Waals surface area contributed by atoms with E-state index >= 15 is 0 Å². The third-order valence-corrected chi connectivity index (χ3v) is 5.38. The van der Waals surface area contributed by atoms with Gasteiger partial charge >= 0.3 is 6.36 Å². The molecule has 0 saturated carbocycles. The Bertz CT molecular complexity index is 1450. The van der Waals surface area contributed by atoms with E-state index < -0.39 is 23.9 Å². The van der Waals surface area contributed by atoms with Gasteiger partial charge in [-0.3, -0.25) is 9.59 Å². The molecular weight excluding hydrogens is 461 g/mol. The Kier molecular flexibility index (Phi) is 4.64. The topological polar surface area (TPSA) is 77.3 Å². The van der Waals surface area contributed by atoms with Crippen LogP contribution >= 0.6 is 11.6 Å². The minimum atomic E-state index is -4.92. The van der Waals surface area contributed by atoms with Crippen molar-refractivity contribution in [2.45, 2.75) is 6.36 Å². The molecule has 11 heteroatoms. The van der Waals surface area contributed by atoms with Gasteiger partial charge in [0.15, 0.2) is 5.65 Å². The van der Waals surface area contributed by atoms with Crippen LogP contribution in [0.3, 0.4) is 0 Å². The van der Waals surface area contributed by atoms with Gasteiger partial charge in [0.2, 0.25) is 0 Å². The lowest BCUT2D eigenvalue weighted by Gasteiger charge is -2.16. The van der Waals surface area contributed by atoms with Crippen LogP contribution in [0.25, 0.3) is 22.3 Å². The Morgan fingerprint density at radius 2 is 1.76 bits per heavy atom. The highest BCUT2D eigenvalue weighted by Gasteiger charge is 2.40. The largest absolute Gasteiger partial charge is 0.573 e. The van der Waals surface area contributed by atoms with E-state index in [-0.39, 0.29) is 16.8 Å². The monoisotopic (exact) mass is 472 g/mol. The number of fused-ring (bicyclic) bond motifs is 3. The lowest BCUT2D eigenvalue weighted by molar-refractivity contribution is -0.274. The molecular formula is C22H12ClF3N4O3. The Balaban J connectivity index is 1.66. The summed E-state index contributed by atoms with van der Waals surface area (Å²) in [7, 11) is 1.65. The molecule has 0 atom stereocenters. The molecule has 0 fully saturated rings. The molecule has 2 aromatic heterocycles. The molecule has 166 valence electrons. The first kappa shape index (κ1) is 21.0. The number of halogens is 4. The van der Waals surface area contributed by atoms with Crippen LogP contribution in [-0.2, 0) is 7.05 Å². The van der Waals surface area contributed by atoms with E-state index in [9.17, 15) is 22.8 Å². The average Bonchev–Trinajstić information content (AvgIpc) is 3.21. The van der Waals surface area contributed by atoms with Crippen LogP contribution in [0.1, 0.15) is 20.7 Å². The zero-order valence-electron chi connectivity index (χ0n) is 16.7. The van der Waals surface area contributed by atoms with E-state index in [4.69, 9.17) is 11.6 Å². The number of ether oxygens (including phenoxy) is 1. The van der Waals surface area contributed by atoms with E-state index in [1.54, 1.807) is 31.3 Å². The Morgan fingerprint density at radius 1 is 1.03 bits per heavy atom. The minimum Gasteiger partial charge on any atom is -0.406 e. The highest BCUT2D eigenvalue weighted by atomic mass is 35.5. The first-order valence-electron chi connectivity index (χ1n) is 9.50. The third kappa shape index (κ3) is 3.48. The number of benzene rings is 2. The molecule has 0 aliphatic carbocycles. The van der Waals surface area contributed by atoms with Gasteiger partial charge in [-0.2, -0.15) is 5.10 Å². The molecule has 0 saturated heterocycles. The summed E-state index contributed by atoms with van der Waals surface area (Å²) in [6.45, 7) is 0. The van der Waals surface area contributed by atoms with Crippen LogP contribution in [0, 0.1) is 0 Å². The minimum absolute atomic E-state index is 0.0258. The summed E-state index contributed by atoms with van der Waals surface area (Å²) >= 11 is 5.97. The first-order chi connectivity index (χ1) is 15.6. The van der Waals surface area contributed by atoms with Crippen molar-refractivity contribution in [1.82, 2.24) is 14.8 Å². The van der Waals surface area contributed by atoms with Crippen LogP contribution in [0.4, 0.5) is 18.9 Å². The number of aromatic nitrogens is 3. The van der Waals surface area contributed by atoms with Gasteiger partial charge in [0.1, 0.15) is 11.4 Å². The molecule has 0 spiro atoms. The number of imide groups is 1. The number of nitrogens with zero attached hydrogens (tertiary/aromatic N) is 4. The van der Waals surface area contributed by atoms with Gasteiger partial charge in [-0.25, -0.2) is 14.6 Å². The van der Waals surface area contributed by atoms with Crippen LogP contribution < -0.4 is 9.64 Å². The second kappa shape index (κ2) is 7.31. The van der Waals surface area contributed by atoms with E-state index in [2.05, 4.69) is 14.8 Å². The Labute approximate surface area is 189 Å². The highest BCUT2D eigenvalue weighted by molar-refractivity contribution is 6.38. The molecule has 0 N–H and O–H groups in total. The number of pyridine rings is 1. The van der Waals surface area contributed by atoms with Crippen molar-refractivity contribution in [2.75, 3.05) is 4.90 Å². The summed E-state index contributed by atoms with van der Waals surface area (Å²) in [5.41, 5.74) is 1.48. The molecule has 0 radical (unpaired) electrons. The number of aryl methyl sites for hydroxylation is 1. The summed E-state index contributed by atoms with van der Waals surface area (Å²) in [5.74, 6) is -1.96. The molecule has 3 heterocycles. The lowest BCUT2D eigenvalue weighted by Crippen LogP contribution is -2.29. The normalized spacial score (nSPS) is 13.7. The fraction of sp³-hybridized carbons (Fsp3) is 0.0909. The maximum Gasteiger partial charge on any atom is 0.573 e. The van der Waals surface area contributed by atoms with Crippen molar-refractivity contribution < 1.29 is 27.5 Å². The van der Waals surface area contributed by atoms with Crippen molar-refractivity contribution >= 4 is 40.1 Å². The summed E-state index contributed by atoms with van der Waals surface area (Å²) in [5, 5.41) is 5.34. The number of alkyl halides is 3. The number of amides is 2. The summed E-state index contributed by atoms with van der Waals surface area (Å²) in [6.07, 6.45) is -3.65. The van der Waals surface area contributed by atoms with Gasteiger partial charge in [0.25, 0.3) is 11.8 Å². The Hall–Kier alpha value is -3.92. The van der Waals surface area contributed by atoms with Gasteiger partial charge < -0.3 is 4.74 Å². The summed E-state index contributed by atoms with van der Waals surface area (Å²) in [6, 6.07) is 11.4. The average molecular weight is 473 g/mol. The number of carbonyl (C=O) groups excluding carboxylic acids is 2. The summed E-state index contributed by atoms with van der Waals surface area (Å²) < 4.78 is 43.3. The smallest absolute Gasteiger partial charge is 0.406 e. The third-order valence-electron chi connectivity index (χ3n) is 5.13. The molecule has 4 aromatic rings. The van der Waals surface area contributed by atoms with Crippen molar-refractivity contribution in [3.8, 4) is 17.0 Å². The predicted octanol–water partition coefficient (Wildman–Crippen LogP) is 4.99. The number of hydrogen-bond donors (Lipinski definition) is 0. The molecule has 33 heavy (non-hydrogen) atoms. The van der Waals surface area contributed by atoms with Crippen LogP contribution in [0.15, 0.2) is 54.7 Å². The van der Waals surface area contributed by atoms with E-state index in [1.807, 2.05) is 0 Å². The lowest BCUT2D eigenvalue weighted by atomic mass is 10.0. The highest BCUT2D eigenvalue weighted by Crippen LogP contribution is 2.38.